The third-order valence-electron chi connectivity index (χ3n) is 9.26. The summed E-state index contributed by atoms with van der Waals surface area (Å²) in [6.07, 6.45) is 3.18. The zero-order valence-corrected chi connectivity index (χ0v) is 22.6. The topological polar surface area (TPSA) is 111 Å². The Morgan fingerprint density at radius 2 is 1.49 bits per heavy atom. The second kappa shape index (κ2) is 12.4. The van der Waals surface area contributed by atoms with Gasteiger partial charge in [-0.25, -0.2) is 4.79 Å². The van der Waals surface area contributed by atoms with Gasteiger partial charge in [0.25, 0.3) is 0 Å². The third kappa shape index (κ3) is 6.47. The number of likely N-dealkylation sites (tertiary alicyclic amines) is 1. The van der Waals surface area contributed by atoms with Crippen molar-refractivity contribution < 1.29 is 29.6 Å². The van der Waals surface area contributed by atoms with E-state index in [-0.39, 0.29) is 25.2 Å². The van der Waals surface area contributed by atoms with Gasteiger partial charge in [-0.05, 0) is 55.2 Å². The highest BCUT2D eigenvalue weighted by Gasteiger charge is 2.53. The Hall–Kier alpha value is -2.49. The molecule has 0 spiro atoms. The van der Waals surface area contributed by atoms with Crippen LogP contribution in [0.3, 0.4) is 0 Å². The Morgan fingerprint density at radius 3 is 2.18 bits per heavy atom. The number of aliphatic hydroxyl groups excluding tert-OH is 1. The maximum absolute atomic E-state index is 12.5. The third-order valence-corrected chi connectivity index (χ3v) is 9.26. The molecule has 6 atom stereocenters. The predicted octanol–water partition coefficient (Wildman–Crippen LogP) is 2.95. The van der Waals surface area contributed by atoms with Gasteiger partial charge in [0, 0.05) is 31.5 Å². The number of nitrogens with one attached hydrogen (secondary N) is 1. The molecule has 2 saturated carbocycles. The van der Waals surface area contributed by atoms with E-state index in [0.717, 1.165) is 49.9 Å². The maximum atomic E-state index is 12.5. The van der Waals surface area contributed by atoms with E-state index in [1.165, 1.54) is 0 Å². The van der Waals surface area contributed by atoms with Crippen LogP contribution in [0, 0.1) is 23.7 Å². The van der Waals surface area contributed by atoms with Crippen LogP contribution in [-0.4, -0.2) is 76.9 Å². The SMILES string of the molecule is O=C(OCc1ccccc1)N1C[C@@H]2CC[C@@](O)(COCc3ccccc3)[C@@H]2C1.OC[C@]1(O)CC[C@H]2CNC[C@H]21. The van der Waals surface area contributed by atoms with Crippen LogP contribution in [0.4, 0.5) is 4.79 Å². The second-order valence-corrected chi connectivity index (χ2v) is 11.8. The average molecular weight is 539 g/mol. The molecule has 2 aliphatic heterocycles. The Bertz CT molecular complexity index is 1070. The molecule has 4 N–H and O–H groups in total. The number of carbonyl (C=O) groups excluding carboxylic acids is 1. The molecule has 8 heteroatoms. The number of carbonyl (C=O) groups is 1. The molecule has 2 aliphatic carbocycles. The lowest BCUT2D eigenvalue weighted by atomic mass is 9.89. The summed E-state index contributed by atoms with van der Waals surface area (Å²) in [5.74, 6) is 1.27. The molecular formula is C31H42N2O6. The van der Waals surface area contributed by atoms with Gasteiger partial charge >= 0.3 is 6.09 Å². The molecule has 212 valence electrons. The average Bonchev–Trinajstić information content (AvgIpc) is 3.74. The highest BCUT2D eigenvalue weighted by molar-refractivity contribution is 5.68. The molecule has 0 unspecified atom stereocenters. The van der Waals surface area contributed by atoms with E-state index >= 15 is 0 Å². The first-order chi connectivity index (χ1) is 18.9. The number of rotatable bonds is 7. The molecule has 2 heterocycles. The zero-order chi connectivity index (χ0) is 27.3. The molecule has 2 aromatic rings. The van der Waals surface area contributed by atoms with Gasteiger partial charge in [-0.1, -0.05) is 60.7 Å². The first kappa shape index (κ1) is 28.1. The molecular weight excluding hydrogens is 496 g/mol. The van der Waals surface area contributed by atoms with Crippen LogP contribution in [-0.2, 0) is 22.7 Å². The predicted molar refractivity (Wildman–Crippen MR) is 147 cm³/mol. The summed E-state index contributed by atoms with van der Waals surface area (Å²) < 4.78 is 11.3. The summed E-state index contributed by atoms with van der Waals surface area (Å²) in [6, 6.07) is 19.6. The minimum Gasteiger partial charge on any atom is -0.445 e. The van der Waals surface area contributed by atoms with E-state index in [1.807, 2.05) is 60.7 Å². The Kier molecular flexibility index (Phi) is 8.89. The van der Waals surface area contributed by atoms with Crippen molar-refractivity contribution in [2.45, 2.75) is 50.1 Å². The monoisotopic (exact) mass is 538 g/mol. The van der Waals surface area contributed by atoms with Gasteiger partial charge in [0.15, 0.2) is 0 Å². The fraction of sp³-hybridized carbons (Fsp3) is 0.581. The molecule has 4 fully saturated rings. The van der Waals surface area contributed by atoms with Crippen LogP contribution in [0.1, 0.15) is 36.8 Å². The lowest BCUT2D eigenvalue weighted by Crippen LogP contribution is -2.42. The van der Waals surface area contributed by atoms with Crippen LogP contribution in [0.15, 0.2) is 60.7 Å². The number of aliphatic hydroxyl groups is 3. The number of nitrogens with zero attached hydrogens (tertiary/aromatic N) is 1. The van der Waals surface area contributed by atoms with Gasteiger partial charge < -0.3 is 35.0 Å². The molecule has 8 nitrogen and oxygen atoms in total. The number of hydrogen-bond donors (Lipinski definition) is 4. The molecule has 39 heavy (non-hydrogen) atoms. The highest BCUT2D eigenvalue weighted by atomic mass is 16.6. The molecule has 0 aromatic heterocycles. The minimum atomic E-state index is -0.867. The Balaban J connectivity index is 0.000000233. The van der Waals surface area contributed by atoms with Crippen molar-refractivity contribution in [2.75, 3.05) is 39.4 Å². The van der Waals surface area contributed by atoms with Crippen molar-refractivity contribution >= 4 is 6.09 Å². The fourth-order valence-corrected chi connectivity index (χ4v) is 6.93. The van der Waals surface area contributed by atoms with Crippen LogP contribution in [0.5, 0.6) is 0 Å². The lowest BCUT2D eigenvalue weighted by molar-refractivity contribution is -0.0768. The van der Waals surface area contributed by atoms with E-state index in [2.05, 4.69) is 5.32 Å². The van der Waals surface area contributed by atoms with Crippen LogP contribution < -0.4 is 5.32 Å². The van der Waals surface area contributed by atoms with Gasteiger partial charge in [-0.2, -0.15) is 0 Å². The summed E-state index contributed by atoms with van der Waals surface area (Å²) in [7, 11) is 0. The molecule has 0 bridgehead atoms. The van der Waals surface area contributed by atoms with Crippen LogP contribution in [0.25, 0.3) is 0 Å². The first-order valence-corrected chi connectivity index (χ1v) is 14.2. The highest BCUT2D eigenvalue weighted by Crippen LogP contribution is 2.45. The number of fused-ring (bicyclic) bond motifs is 2. The van der Waals surface area contributed by atoms with E-state index in [0.29, 0.717) is 44.1 Å². The van der Waals surface area contributed by atoms with Crippen LogP contribution in [0.2, 0.25) is 0 Å². The van der Waals surface area contributed by atoms with Gasteiger partial charge in [-0.3, -0.25) is 0 Å². The molecule has 4 aliphatic rings. The molecule has 2 saturated heterocycles. The fourth-order valence-electron chi connectivity index (χ4n) is 6.93. The Labute approximate surface area is 230 Å². The van der Waals surface area contributed by atoms with Gasteiger partial charge in [0.1, 0.15) is 6.61 Å². The first-order valence-electron chi connectivity index (χ1n) is 14.2. The van der Waals surface area contributed by atoms with Gasteiger partial charge in [0.05, 0.1) is 31.0 Å². The van der Waals surface area contributed by atoms with Crippen molar-refractivity contribution in [3.8, 4) is 0 Å². The smallest absolute Gasteiger partial charge is 0.410 e. The van der Waals surface area contributed by atoms with Crippen molar-refractivity contribution in [1.29, 1.82) is 0 Å². The van der Waals surface area contributed by atoms with Crippen molar-refractivity contribution in [1.82, 2.24) is 10.2 Å². The molecule has 0 radical (unpaired) electrons. The zero-order valence-electron chi connectivity index (χ0n) is 22.6. The molecule has 2 aromatic carbocycles. The van der Waals surface area contributed by atoms with Crippen molar-refractivity contribution in [2.24, 2.45) is 23.7 Å². The number of hydrogen-bond acceptors (Lipinski definition) is 7. The summed E-state index contributed by atoms with van der Waals surface area (Å²) >= 11 is 0. The number of amides is 1. The summed E-state index contributed by atoms with van der Waals surface area (Å²) in [5.41, 5.74) is 0.432. The van der Waals surface area contributed by atoms with Crippen molar-refractivity contribution in [3.63, 3.8) is 0 Å². The Morgan fingerprint density at radius 1 is 0.846 bits per heavy atom. The summed E-state index contributed by atoms with van der Waals surface area (Å²) in [4.78, 5) is 14.2. The summed E-state index contributed by atoms with van der Waals surface area (Å²) in [6.45, 7) is 4.07. The van der Waals surface area contributed by atoms with Gasteiger partial charge in [0.2, 0.25) is 0 Å². The normalized spacial score (nSPS) is 32.8. The van der Waals surface area contributed by atoms with Gasteiger partial charge in [-0.15, -0.1) is 0 Å². The largest absolute Gasteiger partial charge is 0.445 e. The standard InChI is InChI=1S/C23H27NO4.C8H15NO2/c25-22(28-16-19-9-5-2-6-10-19)24-13-20-11-12-23(26,21(20)14-24)17-27-15-18-7-3-1-4-8-18;10-5-8(11)2-1-6-3-9-4-7(6)8/h1-10,20-21,26H,11-17H2;6-7,9-11H,1-5H2/t20-,21+,23+;6-,7+,8+/m00/s1. The van der Waals surface area contributed by atoms with E-state index in [1.54, 1.807) is 4.90 Å². The maximum Gasteiger partial charge on any atom is 0.410 e. The second-order valence-electron chi connectivity index (χ2n) is 11.8. The number of benzene rings is 2. The molecule has 6 rings (SSSR count). The quantitative estimate of drug-likeness (QED) is 0.429. The van der Waals surface area contributed by atoms with E-state index in [4.69, 9.17) is 14.6 Å². The van der Waals surface area contributed by atoms with E-state index in [9.17, 15) is 15.0 Å². The van der Waals surface area contributed by atoms with Crippen molar-refractivity contribution in [3.05, 3.63) is 71.8 Å². The number of ether oxygens (including phenoxy) is 2. The van der Waals surface area contributed by atoms with E-state index < -0.39 is 11.2 Å². The minimum absolute atomic E-state index is 0.0487. The molecule has 1 amide bonds. The summed E-state index contributed by atoms with van der Waals surface area (Å²) in [5, 5.41) is 33.3. The van der Waals surface area contributed by atoms with Crippen LogP contribution >= 0.6 is 0 Å². The lowest BCUT2D eigenvalue weighted by Gasteiger charge is -2.29.